The highest BCUT2D eigenvalue weighted by Gasteiger charge is 2.46. The lowest BCUT2D eigenvalue weighted by Gasteiger charge is -2.21. The zero-order valence-corrected chi connectivity index (χ0v) is 13.6. The minimum absolute atomic E-state index is 0.182. The summed E-state index contributed by atoms with van der Waals surface area (Å²) in [6, 6.07) is 14.5. The predicted octanol–water partition coefficient (Wildman–Crippen LogP) is 3.15. The molecule has 2 aromatic rings. The summed E-state index contributed by atoms with van der Waals surface area (Å²) in [5, 5.41) is 0. The summed E-state index contributed by atoms with van der Waals surface area (Å²) in [5.41, 5.74) is 1.04. The summed E-state index contributed by atoms with van der Waals surface area (Å²) >= 11 is 1.86. The summed E-state index contributed by atoms with van der Waals surface area (Å²) < 4.78 is 0. The van der Waals surface area contributed by atoms with Gasteiger partial charge in [-0.25, -0.2) is 0 Å². The number of anilines is 1. The van der Waals surface area contributed by atoms with Crippen molar-refractivity contribution in [3.05, 3.63) is 52.2 Å². The maximum Gasteiger partial charge on any atom is 0.231 e. The molecule has 0 N–H and O–H groups in total. The van der Waals surface area contributed by atoms with E-state index in [1.165, 1.54) is 9.75 Å². The van der Waals surface area contributed by atoms with Gasteiger partial charge in [-0.2, -0.15) is 0 Å². The molecule has 1 aromatic carbocycles. The second-order valence-electron chi connectivity index (χ2n) is 6.36. The lowest BCUT2D eigenvalue weighted by Crippen LogP contribution is -2.32. The van der Waals surface area contributed by atoms with Crippen LogP contribution in [0.2, 0.25) is 0 Å². The molecule has 0 bridgehead atoms. The Kier molecular flexibility index (Phi) is 3.51. The topological polar surface area (TPSA) is 23.6 Å². The molecular formula is C18H20N2OS. The number of hydrogen-bond donors (Lipinski definition) is 0. The van der Waals surface area contributed by atoms with Gasteiger partial charge in [-0.05, 0) is 31.2 Å². The normalized spacial score (nSPS) is 25.0. The van der Waals surface area contributed by atoms with Crippen LogP contribution in [-0.4, -0.2) is 30.4 Å². The van der Waals surface area contributed by atoms with Crippen LogP contribution in [0.15, 0.2) is 42.5 Å². The lowest BCUT2D eigenvalue weighted by atomic mass is 10.0. The van der Waals surface area contributed by atoms with E-state index >= 15 is 0 Å². The van der Waals surface area contributed by atoms with Crippen molar-refractivity contribution in [1.29, 1.82) is 0 Å². The minimum Gasteiger partial charge on any atom is -0.312 e. The van der Waals surface area contributed by atoms with Crippen molar-refractivity contribution in [2.24, 2.45) is 11.8 Å². The molecule has 1 amide bonds. The van der Waals surface area contributed by atoms with E-state index in [1.807, 2.05) is 46.6 Å². The number of likely N-dealkylation sites (tertiary alicyclic amines) is 1. The highest BCUT2D eigenvalue weighted by atomic mass is 32.1. The molecule has 0 aliphatic carbocycles. The molecule has 4 rings (SSSR count). The quantitative estimate of drug-likeness (QED) is 0.869. The van der Waals surface area contributed by atoms with Crippen LogP contribution in [0, 0.1) is 18.8 Å². The Morgan fingerprint density at radius 3 is 2.59 bits per heavy atom. The number of nitrogens with zero attached hydrogens (tertiary/aromatic N) is 2. The van der Waals surface area contributed by atoms with Gasteiger partial charge in [0.25, 0.3) is 0 Å². The summed E-state index contributed by atoms with van der Waals surface area (Å²) in [4.78, 5) is 19.9. The molecule has 2 aliphatic rings. The average Bonchev–Trinajstić information content (AvgIpc) is 3.18. The third kappa shape index (κ3) is 2.46. The number of thiophene rings is 1. The molecule has 2 atom stereocenters. The molecule has 0 radical (unpaired) electrons. The van der Waals surface area contributed by atoms with Gasteiger partial charge in [-0.3, -0.25) is 9.69 Å². The Morgan fingerprint density at radius 1 is 1.09 bits per heavy atom. The molecule has 0 spiro atoms. The molecule has 2 fully saturated rings. The summed E-state index contributed by atoms with van der Waals surface area (Å²) in [6.45, 7) is 5.95. The molecule has 3 heterocycles. The lowest BCUT2D eigenvalue weighted by molar-refractivity contribution is -0.120. The van der Waals surface area contributed by atoms with Crippen LogP contribution in [0.1, 0.15) is 9.75 Å². The average molecular weight is 312 g/mol. The number of para-hydroxylation sites is 1. The van der Waals surface area contributed by atoms with E-state index in [4.69, 9.17) is 0 Å². The van der Waals surface area contributed by atoms with Crippen LogP contribution in [-0.2, 0) is 11.3 Å². The van der Waals surface area contributed by atoms with E-state index in [1.54, 1.807) is 0 Å². The molecule has 2 unspecified atom stereocenters. The van der Waals surface area contributed by atoms with E-state index in [2.05, 4.69) is 24.0 Å². The first-order valence-corrected chi connectivity index (χ1v) is 8.66. The third-order valence-corrected chi connectivity index (χ3v) is 5.75. The van der Waals surface area contributed by atoms with E-state index in [0.717, 1.165) is 31.9 Å². The van der Waals surface area contributed by atoms with Gasteiger partial charge in [0.1, 0.15) is 0 Å². The zero-order chi connectivity index (χ0) is 15.1. The molecule has 114 valence electrons. The second-order valence-corrected chi connectivity index (χ2v) is 7.73. The van der Waals surface area contributed by atoms with Crippen molar-refractivity contribution < 1.29 is 4.79 Å². The number of aryl methyl sites for hydroxylation is 1. The third-order valence-electron chi connectivity index (χ3n) is 4.76. The van der Waals surface area contributed by atoms with Gasteiger partial charge >= 0.3 is 0 Å². The number of benzene rings is 1. The standard InChI is InChI=1S/C18H20N2OS/c1-13-7-8-16(22-13)11-19-9-14-10-20(18(21)17(14)12-19)15-5-3-2-4-6-15/h2-8,14,17H,9-12H2,1H3. The Morgan fingerprint density at radius 2 is 1.91 bits per heavy atom. The monoisotopic (exact) mass is 312 g/mol. The maximum absolute atomic E-state index is 12.7. The van der Waals surface area contributed by atoms with Crippen LogP contribution in [0.3, 0.4) is 0 Å². The predicted molar refractivity (Wildman–Crippen MR) is 90.1 cm³/mol. The van der Waals surface area contributed by atoms with Gasteiger partial charge in [0, 0.05) is 47.5 Å². The Hall–Kier alpha value is -1.65. The fraction of sp³-hybridized carbons (Fsp3) is 0.389. The van der Waals surface area contributed by atoms with Gasteiger partial charge in [0.15, 0.2) is 0 Å². The van der Waals surface area contributed by atoms with Crippen molar-refractivity contribution in [3.63, 3.8) is 0 Å². The van der Waals surface area contributed by atoms with E-state index in [-0.39, 0.29) is 5.92 Å². The molecule has 3 nitrogen and oxygen atoms in total. The number of carbonyl (C=O) groups excluding carboxylic acids is 1. The Balaban J connectivity index is 1.44. The smallest absolute Gasteiger partial charge is 0.231 e. The largest absolute Gasteiger partial charge is 0.312 e. The van der Waals surface area contributed by atoms with Crippen molar-refractivity contribution in [1.82, 2.24) is 4.90 Å². The Bertz CT molecular complexity index is 681. The van der Waals surface area contributed by atoms with Gasteiger partial charge in [-0.1, -0.05) is 18.2 Å². The molecule has 4 heteroatoms. The highest BCUT2D eigenvalue weighted by molar-refractivity contribution is 7.11. The van der Waals surface area contributed by atoms with Gasteiger partial charge in [0.2, 0.25) is 5.91 Å². The number of rotatable bonds is 3. The fourth-order valence-corrected chi connectivity index (χ4v) is 4.64. The van der Waals surface area contributed by atoms with Gasteiger partial charge in [-0.15, -0.1) is 11.3 Å². The van der Waals surface area contributed by atoms with Gasteiger partial charge < -0.3 is 4.90 Å². The number of amides is 1. The van der Waals surface area contributed by atoms with Crippen LogP contribution < -0.4 is 4.90 Å². The molecule has 22 heavy (non-hydrogen) atoms. The zero-order valence-electron chi connectivity index (χ0n) is 12.7. The number of carbonyl (C=O) groups is 1. The molecule has 1 aromatic heterocycles. The van der Waals surface area contributed by atoms with Crippen LogP contribution >= 0.6 is 11.3 Å². The second kappa shape index (κ2) is 5.52. The van der Waals surface area contributed by atoms with Crippen LogP contribution in [0.25, 0.3) is 0 Å². The van der Waals surface area contributed by atoms with Crippen molar-refractivity contribution >= 4 is 22.9 Å². The van der Waals surface area contributed by atoms with E-state index < -0.39 is 0 Å². The fourth-order valence-electron chi connectivity index (χ4n) is 3.71. The SMILES string of the molecule is Cc1ccc(CN2CC3CN(c4ccccc4)C(=O)C3C2)s1. The van der Waals surface area contributed by atoms with E-state index in [0.29, 0.717) is 11.8 Å². The first-order chi connectivity index (χ1) is 10.7. The molecule has 2 aliphatic heterocycles. The summed E-state index contributed by atoms with van der Waals surface area (Å²) in [5.74, 6) is 0.969. The molecular weight excluding hydrogens is 292 g/mol. The van der Waals surface area contributed by atoms with Gasteiger partial charge in [0.05, 0.1) is 5.92 Å². The van der Waals surface area contributed by atoms with Crippen molar-refractivity contribution in [3.8, 4) is 0 Å². The van der Waals surface area contributed by atoms with Crippen LogP contribution in [0.5, 0.6) is 0 Å². The number of hydrogen-bond acceptors (Lipinski definition) is 3. The minimum atomic E-state index is 0.182. The van der Waals surface area contributed by atoms with Crippen molar-refractivity contribution in [2.75, 3.05) is 24.5 Å². The Labute approximate surface area is 135 Å². The van der Waals surface area contributed by atoms with E-state index in [9.17, 15) is 4.79 Å². The number of fused-ring (bicyclic) bond motifs is 1. The first kappa shape index (κ1) is 14.0. The summed E-state index contributed by atoms with van der Waals surface area (Å²) in [7, 11) is 0. The maximum atomic E-state index is 12.7. The summed E-state index contributed by atoms with van der Waals surface area (Å²) in [6.07, 6.45) is 0. The van der Waals surface area contributed by atoms with Crippen molar-refractivity contribution in [2.45, 2.75) is 13.5 Å². The highest BCUT2D eigenvalue weighted by Crippen LogP contribution is 2.35. The molecule has 0 saturated carbocycles. The first-order valence-electron chi connectivity index (χ1n) is 7.85. The molecule has 2 saturated heterocycles. The van der Waals surface area contributed by atoms with Crippen LogP contribution in [0.4, 0.5) is 5.69 Å².